The van der Waals surface area contributed by atoms with Crippen molar-refractivity contribution in [3.05, 3.63) is 34.6 Å². The molecule has 0 aliphatic heterocycles. The Morgan fingerprint density at radius 1 is 1.44 bits per heavy atom. The monoisotopic (exact) mass is 243 g/mol. The Bertz CT molecular complexity index is 341. The minimum Gasteiger partial charge on any atom is -0.313 e. The van der Waals surface area contributed by atoms with E-state index in [9.17, 15) is 4.39 Å². The quantitative estimate of drug-likeness (QED) is 0.818. The summed E-state index contributed by atoms with van der Waals surface area (Å²) in [6.07, 6.45) is 2.15. The zero-order valence-corrected chi connectivity index (χ0v) is 10.8. The lowest BCUT2D eigenvalue weighted by atomic mass is 9.94. The van der Waals surface area contributed by atoms with Gasteiger partial charge in [-0.3, -0.25) is 0 Å². The molecule has 0 radical (unpaired) electrons. The van der Waals surface area contributed by atoms with Crippen molar-refractivity contribution < 1.29 is 4.39 Å². The minimum absolute atomic E-state index is 0.197. The van der Waals surface area contributed by atoms with Gasteiger partial charge in [-0.15, -0.1) is 0 Å². The Morgan fingerprint density at radius 2 is 2.12 bits per heavy atom. The van der Waals surface area contributed by atoms with Crippen LogP contribution in [0.3, 0.4) is 0 Å². The van der Waals surface area contributed by atoms with Gasteiger partial charge in [0.2, 0.25) is 0 Å². The zero-order valence-electron chi connectivity index (χ0n) is 10.1. The first-order valence-electron chi connectivity index (χ1n) is 5.70. The van der Waals surface area contributed by atoms with Gasteiger partial charge in [0.1, 0.15) is 5.82 Å². The molecule has 1 aromatic carbocycles. The average molecular weight is 244 g/mol. The number of benzene rings is 1. The highest BCUT2D eigenvalue weighted by atomic mass is 35.5. The summed E-state index contributed by atoms with van der Waals surface area (Å²) in [5.41, 5.74) is 0.978. The minimum atomic E-state index is -0.285. The molecule has 1 nitrogen and oxygen atoms in total. The number of halogens is 2. The van der Waals surface area contributed by atoms with Gasteiger partial charge in [0.15, 0.2) is 0 Å². The van der Waals surface area contributed by atoms with E-state index in [0.29, 0.717) is 10.9 Å². The second-order valence-corrected chi connectivity index (χ2v) is 4.66. The second kappa shape index (κ2) is 6.21. The third-order valence-corrected chi connectivity index (χ3v) is 3.35. The molecule has 2 unspecified atom stereocenters. The SMILES string of the molecule is CCC(C)CC(NC)c1ccc(F)cc1Cl. The van der Waals surface area contributed by atoms with E-state index in [1.165, 1.54) is 12.1 Å². The zero-order chi connectivity index (χ0) is 12.1. The fraction of sp³-hybridized carbons (Fsp3) is 0.538. The largest absolute Gasteiger partial charge is 0.313 e. The van der Waals surface area contributed by atoms with E-state index in [4.69, 9.17) is 11.6 Å². The van der Waals surface area contributed by atoms with Crippen LogP contribution in [-0.2, 0) is 0 Å². The van der Waals surface area contributed by atoms with E-state index < -0.39 is 0 Å². The Morgan fingerprint density at radius 3 is 2.62 bits per heavy atom. The van der Waals surface area contributed by atoms with Gasteiger partial charge in [-0.2, -0.15) is 0 Å². The first-order chi connectivity index (χ1) is 7.58. The second-order valence-electron chi connectivity index (χ2n) is 4.26. The molecule has 1 aromatic rings. The van der Waals surface area contributed by atoms with Crippen LogP contribution in [0, 0.1) is 11.7 Å². The summed E-state index contributed by atoms with van der Waals surface area (Å²) in [6, 6.07) is 4.80. The summed E-state index contributed by atoms with van der Waals surface area (Å²) >= 11 is 6.05. The normalized spacial score (nSPS) is 14.8. The van der Waals surface area contributed by atoms with E-state index in [1.54, 1.807) is 6.07 Å². The average Bonchev–Trinajstić information content (AvgIpc) is 2.26. The summed E-state index contributed by atoms with van der Waals surface area (Å²) in [5, 5.41) is 3.74. The van der Waals surface area contributed by atoms with E-state index in [2.05, 4.69) is 19.2 Å². The van der Waals surface area contributed by atoms with Crippen LogP contribution in [0.1, 0.15) is 38.3 Å². The lowest BCUT2D eigenvalue weighted by Crippen LogP contribution is -2.19. The molecule has 0 saturated heterocycles. The van der Waals surface area contributed by atoms with Gasteiger partial charge in [0, 0.05) is 11.1 Å². The predicted molar refractivity (Wildman–Crippen MR) is 67.3 cm³/mol. The fourth-order valence-electron chi connectivity index (χ4n) is 1.75. The molecule has 3 heteroatoms. The topological polar surface area (TPSA) is 12.0 Å². The van der Waals surface area contributed by atoms with Gasteiger partial charge in [-0.05, 0) is 37.1 Å². The third kappa shape index (κ3) is 3.46. The van der Waals surface area contributed by atoms with Crippen molar-refractivity contribution in [3.63, 3.8) is 0 Å². The van der Waals surface area contributed by atoms with Crippen LogP contribution >= 0.6 is 11.6 Å². The molecule has 2 atom stereocenters. The van der Waals surface area contributed by atoms with E-state index in [-0.39, 0.29) is 11.9 Å². The van der Waals surface area contributed by atoms with Crippen LogP contribution in [0.2, 0.25) is 5.02 Å². The summed E-state index contributed by atoms with van der Waals surface area (Å²) in [7, 11) is 1.91. The first kappa shape index (κ1) is 13.5. The predicted octanol–water partition coefficient (Wildman–Crippen LogP) is 4.18. The molecule has 0 bridgehead atoms. The summed E-state index contributed by atoms with van der Waals surface area (Å²) < 4.78 is 12.9. The van der Waals surface area contributed by atoms with E-state index in [1.807, 2.05) is 7.05 Å². The summed E-state index contributed by atoms with van der Waals surface area (Å²) in [4.78, 5) is 0. The van der Waals surface area contributed by atoms with Crippen molar-refractivity contribution in [1.29, 1.82) is 0 Å². The number of rotatable bonds is 5. The van der Waals surface area contributed by atoms with Crippen LogP contribution in [0.15, 0.2) is 18.2 Å². The van der Waals surface area contributed by atoms with E-state index >= 15 is 0 Å². The van der Waals surface area contributed by atoms with Crippen LogP contribution in [0.4, 0.5) is 4.39 Å². The number of hydrogen-bond acceptors (Lipinski definition) is 1. The Hall–Kier alpha value is -0.600. The molecule has 0 aromatic heterocycles. The Kier molecular flexibility index (Phi) is 5.23. The maximum Gasteiger partial charge on any atom is 0.124 e. The number of nitrogens with one attached hydrogen (secondary N) is 1. The highest BCUT2D eigenvalue weighted by molar-refractivity contribution is 6.31. The van der Waals surface area contributed by atoms with Crippen molar-refractivity contribution in [2.45, 2.75) is 32.7 Å². The van der Waals surface area contributed by atoms with E-state index in [0.717, 1.165) is 18.4 Å². The fourth-order valence-corrected chi connectivity index (χ4v) is 2.05. The van der Waals surface area contributed by atoms with Crippen molar-refractivity contribution in [2.24, 2.45) is 5.92 Å². The van der Waals surface area contributed by atoms with Crippen molar-refractivity contribution in [1.82, 2.24) is 5.32 Å². The molecule has 0 fully saturated rings. The van der Waals surface area contributed by atoms with Gasteiger partial charge >= 0.3 is 0 Å². The molecule has 0 spiro atoms. The smallest absolute Gasteiger partial charge is 0.124 e. The molecule has 90 valence electrons. The van der Waals surface area contributed by atoms with Gasteiger partial charge in [0.05, 0.1) is 0 Å². The molecule has 0 amide bonds. The summed E-state index contributed by atoms with van der Waals surface area (Å²) in [5.74, 6) is 0.339. The van der Waals surface area contributed by atoms with Crippen molar-refractivity contribution >= 4 is 11.6 Å². The van der Waals surface area contributed by atoms with Gasteiger partial charge in [-0.25, -0.2) is 4.39 Å². The molecule has 0 aliphatic carbocycles. The lowest BCUT2D eigenvalue weighted by molar-refractivity contribution is 0.421. The van der Waals surface area contributed by atoms with Crippen molar-refractivity contribution in [3.8, 4) is 0 Å². The highest BCUT2D eigenvalue weighted by Crippen LogP contribution is 2.28. The lowest BCUT2D eigenvalue weighted by Gasteiger charge is -2.21. The summed E-state index contributed by atoms with van der Waals surface area (Å²) in [6.45, 7) is 4.38. The van der Waals surface area contributed by atoms with Crippen LogP contribution in [-0.4, -0.2) is 7.05 Å². The third-order valence-electron chi connectivity index (χ3n) is 3.02. The maximum atomic E-state index is 12.9. The molecule has 16 heavy (non-hydrogen) atoms. The molecular weight excluding hydrogens is 225 g/mol. The molecule has 1 N–H and O–H groups in total. The molecule has 0 saturated carbocycles. The van der Waals surface area contributed by atoms with Gasteiger partial charge < -0.3 is 5.32 Å². The Balaban J connectivity index is 2.86. The molecule has 0 aliphatic rings. The van der Waals surface area contributed by atoms with Gasteiger partial charge in [-0.1, -0.05) is 37.9 Å². The number of hydrogen-bond donors (Lipinski definition) is 1. The van der Waals surface area contributed by atoms with Crippen molar-refractivity contribution in [2.75, 3.05) is 7.05 Å². The molecule has 1 rings (SSSR count). The maximum absolute atomic E-state index is 12.9. The Labute approximate surface area is 102 Å². The van der Waals surface area contributed by atoms with Crippen LogP contribution in [0.5, 0.6) is 0 Å². The first-order valence-corrected chi connectivity index (χ1v) is 6.08. The van der Waals surface area contributed by atoms with Gasteiger partial charge in [0.25, 0.3) is 0 Å². The molecular formula is C13H19ClFN. The molecule has 0 heterocycles. The van der Waals surface area contributed by atoms with Crippen LogP contribution < -0.4 is 5.32 Å². The highest BCUT2D eigenvalue weighted by Gasteiger charge is 2.15. The van der Waals surface area contributed by atoms with Crippen LogP contribution in [0.25, 0.3) is 0 Å². The standard InChI is InChI=1S/C13H19ClFN/c1-4-9(2)7-13(16-3)11-6-5-10(15)8-12(11)14/h5-6,8-9,13,16H,4,7H2,1-3H3.